The van der Waals surface area contributed by atoms with E-state index in [0.717, 1.165) is 37.9 Å². The molecule has 6 rings (SSSR count). The number of H-pyrrole nitrogens is 1. The average Bonchev–Trinajstić information content (AvgIpc) is 3.69. The molecule has 202 valence electrons. The van der Waals surface area contributed by atoms with Gasteiger partial charge in [-0.15, -0.1) is 0 Å². The number of aliphatic hydroxyl groups is 1. The molecule has 12 heteroatoms. The number of hydrogen-bond acceptors (Lipinski definition) is 8. The first-order valence-electron chi connectivity index (χ1n) is 13.1. The maximum atomic E-state index is 12.0. The Labute approximate surface area is 224 Å². The molecular weight excluding hydrogens is 510 g/mol. The van der Waals surface area contributed by atoms with Crippen molar-refractivity contribution < 1.29 is 19.7 Å². The Kier molecular flexibility index (Phi) is 6.85. The summed E-state index contributed by atoms with van der Waals surface area (Å²) >= 11 is 6.55. The number of imidazole rings is 1. The number of fused-ring (bicyclic) bond motifs is 3. The molecule has 1 saturated carbocycles. The van der Waals surface area contributed by atoms with Gasteiger partial charge in [-0.2, -0.15) is 5.10 Å². The van der Waals surface area contributed by atoms with E-state index < -0.39 is 18.0 Å². The Morgan fingerprint density at radius 1 is 1.29 bits per heavy atom. The number of aromatic amines is 1. The number of anilines is 1. The van der Waals surface area contributed by atoms with Crippen LogP contribution in [0.15, 0.2) is 30.7 Å². The first-order chi connectivity index (χ1) is 18.4. The Balaban J connectivity index is 1.19. The Morgan fingerprint density at radius 2 is 2.08 bits per heavy atom. The van der Waals surface area contributed by atoms with E-state index in [1.165, 1.54) is 0 Å². The number of halogens is 1. The van der Waals surface area contributed by atoms with Crippen molar-refractivity contribution in [2.24, 2.45) is 17.8 Å². The maximum absolute atomic E-state index is 12.0. The van der Waals surface area contributed by atoms with Crippen molar-refractivity contribution in [2.75, 3.05) is 38.7 Å². The number of β-amino-alcohol motifs (C(OH)–C–C–N with tert-alkyl or cyclic N) is 1. The molecule has 0 spiro atoms. The molecule has 2 aliphatic carbocycles. The molecule has 5 atom stereocenters. The van der Waals surface area contributed by atoms with Gasteiger partial charge < -0.3 is 30.2 Å². The second-order valence-electron chi connectivity index (χ2n) is 10.6. The van der Waals surface area contributed by atoms with Gasteiger partial charge in [-0.1, -0.05) is 23.8 Å². The monoisotopic (exact) mass is 541 g/mol. The number of likely N-dealkylation sites (tertiary alicyclic amines) is 1. The van der Waals surface area contributed by atoms with Crippen LogP contribution in [0.25, 0.3) is 22.6 Å². The number of piperidine rings is 1. The average molecular weight is 542 g/mol. The van der Waals surface area contributed by atoms with Crippen LogP contribution in [0.2, 0.25) is 5.02 Å². The van der Waals surface area contributed by atoms with E-state index in [0.29, 0.717) is 40.8 Å². The van der Waals surface area contributed by atoms with Crippen LogP contribution in [0.4, 0.5) is 5.69 Å². The lowest BCUT2D eigenvalue weighted by atomic mass is 9.89. The number of aliphatic carboxylic acids is 1. The molecule has 1 aliphatic heterocycles. The molecular formula is C26H32ClN7O4. The number of aromatic nitrogens is 5. The molecule has 11 nitrogen and oxygen atoms in total. The van der Waals surface area contributed by atoms with Gasteiger partial charge in [0.2, 0.25) is 0 Å². The molecule has 2 bridgehead atoms. The largest absolute Gasteiger partial charge is 0.481 e. The molecule has 0 aromatic carbocycles. The molecule has 3 aliphatic rings. The van der Waals surface area contributed by atoms with Crippen LogP contribution in [-0.4, -0.2) is 91.3 Å². The first-order valence-corrected chi connectivity index (χ1v) is 13.4. The van der Waals surface area contributed by atoms with Crippen LogP contribution in [0.1, 0.15) is 25.3 Å². The van der Waals surface area contributed by atoms with Gasteiger partial charge in [-0.25, -0.2) is 9.97 Å². The third-order valence-corrected chi connectivity index (χ3v) is 8.45. The lowest BCUT2D eigenvalue weighted by Crippen LogP contribution is -2.40. The van der Waals surface area contributed by atoms with E-state index in [2.05, 4.69) is 36.3 Å². The number of methoxy groups -OCH3 is 1. The first kappa shape index (κ1) is 25.3. The summed E-state index contributed by atoms with van der Waals surface area (Å²) in [6, 6.07) is 0.0223. The maximum Gasteiger partial charge on any atom is 0.309 e. The number of pyridine rings is 1. The van der Waals surface area contributed by atoms with Crippen molar-refractivity contribution >= 4 is 34.4 Å². The van der Waals surface area contributed by atoms with Crippen molar-refractivity contribution in [1.82, 2.24) is 29.6 Å². The summed E-state index contributed by atoms with van der Waals surface area (Å²) in [5.41, 5.74) is 2.63. The normalized spacial score (nSPS) is 26.4. The summed E-state index contributed by atoms with van der Waals surface area (Å²) in [7, 11) is 1.60. The number of carboxylic acids is 1. The van der Waals surface area contributed by atoms with Gasteiger partial charge in [0.15, 0.2) is 5.65 Å². The molecule has 38 heavy (non-hydrogen) atoms. The van der Waals surface area contributed by atoms with Crippen molar-refractivity contribution in [3.63, 3.8) is 0 Å². The minimum absolute atomic E-state index is 0.0385. The molecule has 0 amide bonds. The number of aliphatic hydroxyl groups excluding tert-OH is 1. The highest BCUT2D eigenvalue weighted by Gasteiger charge is 2.48. The fourth-order valence-electron chi connectivity index (χ4n) is 6.30. The molecule has 0 radical (unpaired) electrons. The van der Waals surface area contributed by atoms with E-state index in [-0.39, 0.29) is 23.9 Å². The number of rotatable bonds is 9. The molecule has 2 fully saturated rings. The highest BCUT2D eigenvalue weighted by atomic mass is 35.5. The van der Waals surface area contributed by atoms with Gasteiger partial charge in [0.25, 0.3) is 0 Å². The zero-order valence-corrected chi connectivity index (χ0v) is 21.9. The summed E-state index contributed by atoms with van der Waals surface area (Å²) in [5, 5.41) is 28.3. The van der Waals surface area contributed by atoms with Gasteiger partial charge in [0.05, 0.1) is 53.3 Å². The number of allylic oxidation sites excluding steroid dienone is 1. The number of nitrogens with one attached hydrogen (secondary N) is 2. The summed E-state index contributed by atoms with van der Waals surface area (Å²) in [4.78, 5) is 26.7. The van der Waals surface area contributed by atoms with Crippen LogP contribution in [0.5, 0.6) is 0 Å². The van der Waals surface area contributed by atoms with Crippen LogP contribution < -0.4 is 5.32 Å². The van der Waals surface area contributed by atoms with Gasteiger partial charge in [0.1, 0.15) is 11.3 Å². The lowest BCUT2D eigenvalue weighted by molar-refractivity contribution is -0.142. The van der Waals surface area contributed by atoms with Crippen LogP contribution in [0.3, 0.4) is 0 Å². The summed E-state index contributed by atoms with van der Waals surface area (Å²) < 4.78 is 7.02. The van der Waals surface area contributed by atoms with Crippen LogP contribution in [0, 0.1) is 17.8 Å². The quantitative estimate of drug-likeness (QED) is 0.301. The number of carboxylic acid groups (broad SMARTS) is 1. The number of carbonyl (C=O) groups is 1. The third-order valence-electron chi connectivity index (χ3n) is 8.16. The van der Waals surface area contributed by atoms with E-state index >= 15 is 0 Å². The SMILES string of the molecule is COC[C@H](O)CN1CCC(n2cc(-c3nc4ncc(Cl)c(N[C@H]5[C@@H](C(=O)O)[C@@H]6C=C[C@H]5C6)c4[nH]3)cn2)CC1. The molecule has 4 N–H and O–H groups in total. The van der Waals surface area contributed by atoms with Gasteiger partial charge in [-0.3, -0.25) is 9.48 Å². The smallest absolute Gasteiger partial charge is 0.309 e. The standard InChI is InChI=1S/C26H32ClN7O4/c1-38-13-18(35)12-33-6-4-17(5-7-33)34-11-16(9-29-34)24-31-23-22(19(27)10-28-25(23)32-24)30-21-15-3-2-14(8-15)20(21)26(36)37/h2-3,9-11,14-15,17-18,20-21,35H,4-8,12-13H2,1H3,(H,36,37)(H2,28,30,31,32)/t14-,15+,18-,20+,21-/m1/s1. The minimum atomic E-state index is -0.796. The van der Waals surface area contributed by atoms with Crippen molar-refractivity contribution in [3.05, 3.63) is 35.8 Å². The van der Waals surface area contributed by atoms with E-state index in [1.807, 2.05) is 17.0 Å². The highest BCUT2D eigenvalue weighted by molar-refractivity contribution is 6.34. The number of nitrogens with zero attached hydrogens (tertiary/aromatic N) is 5. The Bertz CT molecular complexity index is 1350. The van der Waals surface area contributed by atoms with Gasteiger partial charge in [-0.05, 0) is 31.1 Å². The predicted molar refractivity (Wildman–Crippen MR) is 142 cm³/mol. The molecule has 0 unspecified atom stereocenters. The van der Waals surface area contributed by atoms with Crippen molar-refractivity contribution in [1.29, 1.82) is 0 Å². The Morgan fingerprint density at radius 3 is 2.84 bits per heavy atom. The zero-order chi connectivity index (χ0) is 26.4. The topological polar surface area (TPSA) is 141 Å². The molecule has 3 aromatic rings. The van der Waals surface area contributed by atoms with E-state index in [1.54, 1.807) is 19.5 Å². The molecule has 3 aromatic heterocycles. The summed E-state index contributed by atoms with van der Waals surface area (Å²) in [5.74, 6) is -0.478. The minimum Gasteiger partial charge on any atom is -0.481 e. The van der Waals surface area contributed by atoms with Crippen LogP contribution >= 0.6 is 11.6 Å². The van der Waals surface area contributed by atoms with E-state index in [4.69, 9.17) is 16.3 Å². The van der Waals surface area contributed by atoms with Crippen molar-refractivity contribution in [2.45, 2.75) is 37.5 Å². The highest BCUT2D eigenvalue weighted by Crippen LogP contribution is 2.46. The summed E-state index contributed by atoms with van der Waals surface area (Å²) in [6.45, 7) is 2.73. The zero-order valence-electron chi connectivity index (χ0n) is 21.1. The second kappa shape index (κ2) is 10.3. The fraction of sp³-hybridized carbons (Fsp3) is 0.538. The Hall–Kier alpha value is -2.99. The second-order valence-corrected chi connectivity index (χ2v) is 11.0. The van der Waals surface area contributed by atoms with Gasteiger partial charge in [0, 0.05) is 39.0 Å². The molecule has 1 saturated heterocycles. The lowest BCUT2D eigenvalue weighted by Gasteiger charge is -2.33. The fourth-order valence-corrected chi connectivity index (χ4v) is 6.50. The third kappa shape index (κ3) is 4.68. The molecule has 4 heterocycles. The van der Waals surface area contributed by atoms with E-state index in [9.17, 15) is 15.0 Å². The number of hydrogen-bond donors (Lipinski definition) is 4. The number of ether oxygens (including phenoxy) is 1. The van der Waals surface area contributed by atoms with Crippen LogP contribution in [-0.2, 0) is 9.53 Å². The van der Waals surface area contributed by atoms with Crippen molar-refractivity contribution in [3.8, 4) is 11.4 Å². The summed E-state index contributed by atoms with van der Waals surface area (Å²) in [6.07, 6.45) is 11.7. The van der Waals surface area contributed by atoms with Gasteiger partial charge >= 0.3 is 5.97 Å². The predicted octanol–water partition coefficient (Wildman–Crippen LogP) is 2.81.